The number of hydrogen-bond donors (Lipinski definition) is 1. The fourth-order valence-electron chi connectivity index (χ4n) is 2.26. The molecule has 0 unspecified atom stereocenters. The normalized spacial score (nSPS) is 18.5. The minimum absolute atomic E-state index is 0.293. The molecule has 0 amide bonds. The van der Waals surface area contributed by atoms with E-state index < -0.39 is 11.6 Å². The van der Waals surface area contributed by atoms with Crippen molar-refractivity contribution in [3.63, 3.8) is 0 Å². The lowest BCUT2D eigenvalue weighted by atomic mass is 9.73. The van der Waals surface area contributed by atoms with Crippen LogP contribution in [0.4, 0.5) is 8.78 Å². The van der Waals surface area contributed by atoms with Crippen molar-refractivity contribution in [2.24, 2.45) is 5.73 Å². The van der Waals surface area contributed by atoms with E-state index in [1.54, 1.807) is 0 Å². The van der Waals surface area contributed by atoms with E-state index in [-0.39, 0.29) is 11.0 Å². The van der Waals surface area contributed by atoms with Crippen LogP contribution in [0.25, 0.3) is 0 Å². The van der Waals surface area contributed by atoms with Crippen molar-refractivity contribution in [3.8, 4) is 0 Å². The molecule has 100 valence electrons. The summed E-state index contributed by atoms with van der Waals surface area (Å²) in [6.07, 6.45) is 1.52. The Labute approximate surface area is 106 Å². The van der Waals surface area contributed by atoms with Crippen molar-refractivity contribution in [1.82, 2.24) is 0 Å². The predicted octanol–water partition coefficient (Wildman–Crippen LogP) is 2.75. The fourth-order valence-corrected chi connectivity index (χ4v) is 2.26. The van der Waals surface area contributed by atoms with E-state index in [2.05, 4.69) is 0 Å². The molecule has 2 N–H and O–H groups in total. The number of halogens is 2. The van der Waals surface area contributed by atoms with E-state index >= 15 is 0 Å². The van der Waals surface area contributed by atoms with Crippen LogP contribution in [0.2, 0.25) is 0 Å². The van der Waals surface area contributed by atoms with Crippen LogP contribution in [0.1, 0.15) is 32.3 Å². The maximum atomic E-state index is 13.9. The first-order chi connectivity index (χ1) is 8.32. The highest BCUT2D eigenvalue weighted by Crippen LogP contribution is 2.39. The lowest BCUT2D eigenvalue weighted by Crippen LogP contribution is -2.49. The van der Waals surface area contributed by atoms with Crippen LogP contribution in [0.5, 0.6) is 0 Å². The molecular formula is C14H19F2NO. The number of ether oxygens (including phenoxy) is 1. The number of rotatable bonds is 4. The molecule has 18 heavy (non-hydrogen) atoms. The van der Waals surface area contributed by atoms with Gasteiger partial charge in [-0.2, -0.15) is 0 Å². The Morgan fingerprint density at radius 2 is 2.00 bits per heavy atom. The maximum Gasteiger partial charge on any atom is 0.130 e. The molecule has 0 saturated carbocycles. The van der Waals surface area contributed by atoms with E-state index in [4.69, 9.17) is 10.5 Å². The molecule has 0 radical (unpaired) electrons. The monoisotopic (exact) mass is 255 g/mol. The molecule has 1 saturated heterocycles. The molecule has 4 heteroatoms. The lowest BCUT2D eigenvalue weighted by molar-refractivity contribution is -0.0685. The third-order valence-corrected chi connectivity index (χ3v) is 3.51. The first-order valence-electron chi connectivity index (χ1n) is 6.15. The van der Waals surface area contributed by atoms with Crippen LogP contribution in [0.3, 0.4) is 0 Å². The molecule has 0 bridgehead atoms. The summed E-state index contributed by atoms with van der Waals surface area (Å²) in [5.74, 6) is -1.04. The minimum atomic E-state index is -0.550. The van der Waals surface area contributed by atoms with Crippen LogP contribution in [0, 0.1) is 11.6 Å². The van der Waals surface area contributed by atoms with Gasteiger partial charge < -0.3 is 10.5 Å². The predicted molar refractivity (Wildman–Crippen MR) is 66.4 cm³/mol. The molecule has 1 aromatic rings. The molecular weight excluding hydrogens is 236 g/mol. The molecule has 0 atom stereocenters. The summed E-state index contributed by atoms with van der Waals surface area (Å²) >= 11 is 0. The summed E-state index contributed by atoms with van der Waals surface area (Å²) in [6, 6.07) is 3.76. The molecule has 1 heterocycles. The van der Waals surface area contributed by atoms with E-state index in [9.17, 15) is 8.78 Å². The average Bonchev–Trinajstić information content (AvgIpc) is 2.17. The van der Waals surface area contributed by atoms with Crippen molar-refractivity contribution in [2.45, 2.75) is 37.6 Å². The van der Waals surface area contributed by atoms with Gasteiger partial charge in [0.2, 0.25) is 0 Å². The molecule has 2 nitrogen and oxygen atoms in total. The van der Waals surface area contributed by atoms with Gasteiger partial charge in [0.15, 0.2) is 0 Å². The van der Waals surface area contributed by atoms with Gasteiger partial charge in [-0.15, -0.1) is 0 Å². The van der Waals surface area contributed by atoms with Crippen molar-refractivity contribution in [3.05, 3.63) is 35.4 Å². The second-order valence-corrected chi connectivity index (χ2v) is 5.89. The summed E-state index contributed by atoms with van der Waals surface area (Å²) in [5, 5.41) is 0. The molecule has 1 aromatic carbocycles. The maximum absolute atomic E-state index is 13.9. The van der Waals surface area contributed by atoms with Crippen LogP contribution in [-0.4, -0.2) is 18.8 Å². The van der Waals surface area contributed by atoms with Crippen molar-refractivity contribution in [1.29, 1.82) is 0 Å². The van der Waals surface area contributed by atoms with Crippen molar-refractivity contribution < 1.29 is 13.5 Å². The van der Waals surface area contributed by atoms with Gasteiger partial charge >= 0.3 is 0 Å². The molecule has 1 aliphatic heterocycles. The van der Waals surface area contributed by atoms with Crippen molar-refractivity contribution in [2.75, 3.05) is 13.2 Å². The zero-order valence-corrected chi connectivity index (χ0v) is 10.8. The van der Waals surface area contributed by atoms with Crippen LogP contribution < -0.4 is 5.73 Å². The Hall–Kier alpha value is -1.00. The summed E-state index contributed by atoms with van der Waals surface area (Å²) in [6.45, 7) is 4.85. The smallest absolute Gasteiger partial charge is 0.130 e. The summed E-state index contributed by atoms with van der Waals surface area (Å²) in [4.78, 5) is 0. The second-order valence-electron chi connectivity index (χ2n) is 5.89. The van der Waals surface area contributed by atoms with Gasteiger partial charge in [0.05, 0.1) is 13.2 Å². The zero-order chi connectivity index (χ0) is 13.4. The van der Waals surface area contributed by atoms with Crippen LogP contribution >= 0.6 is 0 Å². The molecule has 0 aliphatic carbocycles. The molecule has 2 rings (SSSR count). The van der Waals surface area contributed by atoms with Gasteiger partial charge in [-0.25, -0.2) is 8.78 Å². The van der Waals surface area contributed by atoms with Gasteiger partial charge in [-0.1, -0.05) is 6.07 Å². The number of hydrogen-bond acceptors (Lipinski definition) is 2. The minimum Gasteiger partial charge on any atom is -0.379 e. The Kier molecular flexibility index (Phi) is 3.43. The van der Waals surface area contributed by atoms with E-state index in [0.29, 0.717) is 18.8 Å². The molecule has 0 spiro atoms. The standard InChI is InChI=1S/C14H19F2NO/c1-13(2,17)5-6-14(8-18-9-14)11-4-3-10(15)7-12(11)16/h3-4,7H,5-6,8-9,17H2,1-2H3. The highest BCUT2D eigenvalue weighted by Gasteiger charge is 2.42. The number of nitrogens with two attached hydrogens (primary N) is 1. The quantitative estimate of drug-likeness (QED) is 0.898. The third-order valence-electron chi connectivity index (χ3n) is 3.51. The van der Waals surface area contributed by atoms with E-state index in [0.717, 1.165) is 18.9 Å². The van der Waals surface area contributed by atoms with E-state index in [1.807, 2.05) is 13.8 Å². The fraction of sp³-hybridized carbons (Fsp3) is 0.571. The van der Waals surface area contributed by atoms with Gasteiger partial charge in [-0.05, 0) is 38.3 Å². The SMILES string of the molecule is CC(C)(N)CCC1(c2ccc(F)cc2F)COC1. The third kappa shape index (κ3) is 2.70. The summed E-state index contributed by atoms with van der Waals surface area (Å²) < 4.78 is 32.0. The largest absolute Gasteiger partial charge is 0.379 e. The van der Waals surface area contributed by atoms with Gasteiger partial charge in [0.1, 0.15) is 11.6 Å². The topological polar surface area (TPSA) is 35.2 Å². The summed E-state index contributed by atoms with van der Waals surface area (Å²) in [7, 11) is 0. The van der Waals surface area contributed by atoms with Gasteiger partial charge in [0.25, 0.3) is 0 Å². The molecule has 1 fully saturated rings. The van der Waals surface area contributed by atoms with E-state index in [1.165, 1.54) is 12.1 Å². The van der Waals surface area contributed by atoms with Crippen LogP contribution in [0.15, 0.2) is 18.2 Å². The lowest BCUT2D eigenvalue weighted by Gasteiger charge is -2.43. The first kappa shape index (κ1) is 13.4. The Morgan fingerprint density at radius 1 is 1.33 bits per heavy atom. The molecule has 1 aliphatic rings. The first-order valence-corrected chi connectivity index (χ1v) is 6.15. The summed E-state index contributed by atoms with van der Waals surface area (Å²) in [5.41, 5.74) is 5.88. The number of benzene rings is 1. The van der Waals surface area contributed by atoms with Crippen LogP contribution in [-0.2, 0) is 10.2 Å². The van der Waals surface area contributed by atoms with Crippen molar-refractivity contribution >= 4 is 0 Å². The Morgan fingerprint density at radius 3 is 2.44 bits per heavy atom. The Bertz CT molecular complexity index is 436. The zero-order valence-electron chi connectivity index (χ0n) is 10.8. The highest BCUT2D eigenvalue weighted by molar-refractivity contribution is 5.30. The highest BCUT2D eigenvalue weighted by atomic mass is 19.1. The van der Waals surface area contributed by atoms with Gasteiger partial charge in [-0.3, -0.25) is 0 Å². The molecule has 0 aromatic heterocycles. The van der Waals surface area contributed by atoms with Gasteiger partial charge in [0, 0.05) is 17.0 Å². The Balaban J connectivity index is 2.21. The average molecular weight is 255 g/mol. The second kappa shape index (κ2) is 4.59.